The lowest BCUT2D eigenvalue weighted by Crippen LogP contribution is -2.50. The molecule has 1 aromatic heterocycles. The number of nitrogens with zero attached hydrogens (tertiary/aromatic N) is 3. The molecule has 2 bridgehead atoms. The number of carbonyl (C=O) groups excluding carboxylic acids is 1. The van der Waals surface area contributed by atoms with Crippen LogP contribution in [0.2, 0.25) is 0 Å². The molecule has 4 nitrogen and oxygen atoms in total. The second-order valence-electron chi connectivity index (χ2n) is 7.68. The SMILES string of the molecule is Cc1cccc(CN2C[C@H]3CC[C@@H](C2)N(CC2CCC2)C3=O)n1. The third-order valence-electron chi connectivity index (χ3n) is 5.88. The molecule has 2 atom stereocenters. The predicted octanol–water partition coefficient (Wildman–Crippen LogP) is 2.61. The molecule has 3 saturated heterocycles. The lowest BCUT2D eigenvalue weighted by molar-refractivity contribution is -0.141. The van der Waals surface area contributed by atoms with E-state index in [1.54, 1.807) is 0 Å². The summed E-state index contributed by atoms with van der Waals surface area (Å²) in [5.74, 6) is 1.40. The standard InChI is InChI=1S/C19H27N3O/c1-14-4-2-7-17(20-14)12-21-11-16-8-9-18(13-21)22(19(16)23)10-15-5-3-6-15/h2,4,7,15-16,18H,3,5-6,8-13H2,1H3/t16-,18+/m1/s1. The lowest BCUT2D eigenvalue weighted by Gasteiger charge is -2.40. The number of fused-ring (bicyclic) bond motifs is 4. The number of piperidine rings is 1. The van der Waals surface area contributed by atoms with Gasteiger partial charge in [-0.1, -0.05) is 12.5 Å². The van der Waals surface area contributed by atoms with Gasteiger partial charge < -0.3 is 4.90 Å². The maximum absolute atomic E-state index is 12.8. The minimum atomic E-state index is 0.207. The Morgan fingerprint density at radius 3 is 2.78 bits per heavy atom. The summed E-state index contributed by atoms with van der Waals surface area (Å²) in [5, 5.41) is 0. The third-order valence-corrected chi connectivity index (χ3v) is 5.88. The number of aryl methyl sites for hydroxylation is 1. The van der Waals surface area contributed by atoms with Crippen molar-refractivity contribution in [2.45, 2.75) is 51.6 Å². The van der Waals surface area contributed by atoms with Crippen LogP contribution in [0, 0.1) is 18.8 Å². The monoisotopic (exact) mass is 313 g/mol. The second-order valence-corrected chi connectivity index (χ2v) is 7.68. The molecule has 0 aromatic carbocycles. The Hall–Kier alpha value is -1.42. The van der Waals surface area contributed by atoms with Crippen LogP contribution in [0.1, 0.15) is 43.5 Å². The quantitative estimate of drug-likeness (QED) is 0.857. The molecule has 0 N–H and O–H groups in total. The molecule has 4 heteroatoms. The van der Waals surface area contributed by atoms with Gasteiger partial charge in [-0.25, -0.2) is 0 Å². The summed E-state index contributed by atoms with van der Waals surface area (Å²) >= 11 is 0. The molecule has 4 heterocycles. The maximum atomic E-state index is 12.8. The van der Waals surface area contributed by atoms with Crippen molar-refractivity contribution in [2.75, 3.05) is 19.6 Å². The molecule has 3 aliphatic heterocycles. The van der Waals surface area contributed by atoms with Crippen LogP contribution in [0.3, 0.4) is 0 Å². The summed E-state index contributed by atoms with van der Waals surface area (Å²) in [6, 6.07) is 6.65. The molecule has 0 unspecified atom stereocenters. The van der Waals surface area contributed by atoms with E-state index in [2.05, 4.69) is 26.9 Å². The zero-order valence-corrected chi connectivity index (χ0v) is 14.1. The van der Waals surface area contributed by atoms with Crippen LogP contribution in [0.4, 0.5) is 0 Å². The first kappa shape index (κ1) is 15.1. The van der Waals surface area contributed by atoms with Crippen LogP contribution in [0.5, 0.6) is 0 Å². The van der Waals surface area contributed by atoms with E-state index in [1.807, 2.05) is 13.0 Å². The molecule has 0 spiro atoms. The van der Waals surface area contributed by atoms with Crippen molar-refractivity contribution < 1.29 is 4.79 Å². The van der Waals surface area contributed by atoms with Crippen molar-refractivity contribution in [3.63, 3.8) is 0 Å². The Balaban J connectivity index is 1.46. The normalized spacial score (nSPS) is 28.7. The van der Waals surface area contributed by atoms with Crippen LogP contribution in [-0.4, -0.2) is 46.4 Å². The van der Waals surface area contributed by atoms with E-state index in [0.29, 0.717) is 11.9 Å². The molecule has 4 fully saturated rings. The van der Waals surface area contributed by atoms with Crippen molar-refractivity contribution in [1.29, 1.82) is 0 Å². The van der Waals surface area contributed by atoms with Crippen molar-refractivity contribution in [3.05, 3.63) is 29.6 Å². The first-order valence-electron chi connectivity index (χ1n) is 9.14. The molecule has 5 rings (SSSR count). The van der Waals surface area contributed by atoms with Gasteiger partial charge in [0.2, 0.25) is 5.91 Å². The minimum absolute atomic E-state index is 0.207. The molecular formula is C19H27N3O. The smallest absolute Gasteiger partial charge is 0.227 e. The molecule has 1 aromatic rings. The summed E-state index contributed by atoms with van der Waals surface area (Å²) in [7, 11) is 0. The summed E-state index contributed by atoms with van der Waals surface area (Å²) in [5.41, 5.74) is 2.20. The van der Waals surface area contributed by atoms with Gasteiger partial charge in [-0.15, -0.1) is 0 Å². The second kappa shape index (κ2) is 6.23. The lowest BCUT2D eigenvalue weighted by atomic mass is 9.83. The number of hydrogen-bond acceptors (Lipinski definition) is 3. The van der Waals surface area contributed by atoms with Gasteiger partial charge in [-0.2, -0.15) is 0 Å². The van der Waals surface area contributed by atoms with Crippen LogP contribution >= 0.6 is 0 Å². The van der Waals surface area contributed by atoms with E-state index >= 15 is 0 Å². The number of rotatable bonds is 4. The summed E-state index contributed by atoms with van der Waals surface area (Å²) in [6.45, 7) is 5.85. The largest absolute Gasteiger partial charge is 0.338 e. The first-order valence-corrected chi connectivity index (χ1v) is 9.14. The van der Waals surface area contributed by atoms with E-state index in [9.17, 15) is 4.79 Å². The Labute approximate surface area is 138 Å². The van der Waals surface area contributed by atoms with Crippen LogP contribution in [-0.2, 0) is 11.3 Å². The highest BCUT2D eigenvalue weighted by atomic mass is 16.2. The fourth-order valence-electron chi connectivity index (χ4n) is 4.37. The van der Waals surface area contributed by atoms with Crippen molar-refractivity contribution in [3.8, 4) is 0 Å². The molecule has 1 aliphatic carbocycles. The van der Waals surface area contributed by atoms with Gasteiger partial charge in [0.25, 0.3) is 0 Å². The minimum Gasteiger partial charge on any atom is -0.338 e. The van der Waals surface area contributed by atoms with E-state index in [4.69, 9.17) is 0 Å². The van der Waals surface area contributed by atoms with Gasteiger partial charge in [0.15, 0.2) is 0 Å². The highest BCUT2D eigenvalue weighted by Gasteiger charge is 2.41. The third kappa shape index (κ3) is 3.14. The zero-order valence-electron chi connectivity index (χ0n) is 14.1. The van der Waals surface area contributed by atoms with Gasteiger partial charge in [0, 0.05) is 37.9 Å². The van der Waals surface area contributed by atoms with Crippen LogP contribution < -0.4 is 0 Å². The molecular weight excluding hydrogens is 286 g/mol. The number of amides is 1. The number of pyridine rings is 1. The summed E-state index contributed by atoms with van der Waals surface area (Å²) < 4.78 is 0. The Morgan fingerprint density at radius 1 is 1.17 bits per heavy atom. The Bertz CT molecular complexity index is 584. The first-order chi connectivity index (χ1) is 11.2. The molecule has 1 amide bonds. The molecule has 1 saturated carbocycles. The number of aromatic nitrogens is 1. The summed E-state index contributed by atoms with van der Waals surface area (Å²) in [6.07, 6.45) is 6.24. The zero-order chi connectivity index (χ0) is 15.8. The topological polar surface area (TPSA) is 36.4 Å². The van der Waals surface area contributed by atoms with E-state index < -0.39 is 0 Å². The van der Waals surface area contributed by atoms with Crippen molar-refractivity contribution in [2.24, 2.45) is 11.8 Å². The Kier molecular flexibility index (Phi) is 4.10. The van der Waals surface area contributed by atoms with Gasteiger partial charge in [0.05, 0.1) is 11.6 Å². The molecule has 23 heavy (non-hydrogen) atoms. The molecule has 4 aliphatic rings. The number of hydrogen-bond donors (Lipinski definition) is 0. The van der Waals surface area contributed by atoms with Gasteiger partial charge in [0.1, 0.15) is 0 Å². The van der Waals surface area contributed by atoms with Crippen LogP contribution in [0.15, 0.2) is 18.2 Å². The maximum Gasteiger partial charge on any atom is 0.227 e. The average Bonchev–Trinajstić information content (AvgIpc) is 2.74. The van der Waals surface area contributed by atoms with Gasteiger partial charge in [-0.05, 0) is 50.7 Å². The Morgan fingerprint density at radius 2 is 2.04 bits per heavy atom. The van der Waals surface area contributed by atoms with Crippen molar-refractivity contribution in [1.82, 2.24) is 14.8 Å². The number of carbonyl (C=O) groups is 1. The summed E-state index contributed by atoms with van der Waals surface area (Å²) in [4.78, 5) is 22.2. The average molecular weight is 313 g/mol. The highest BCUT2D eigenvalue weighted by molar-refractivity contribution is 5.80. The predicted molar refractivity (Wildman–Crippen MR) is 89.8 cm³/mol. The van der Waals surface area contributed by atoms with Gasteiger partial charge >= 0.3 is 0 Å². The fourth-order valence-corrected chi connectivity index (χ4v) is 4.37. The van der Waals surface area contributed by atoms with Crippen LogP contribution in [0.25, 0.3) is 0 Å². The highest BCUT2D eigenvalue weighted by Crippen LogP contribution is 2.34. The van der Waals surface area contributed by atoms with E-state index in [1.165, 1.54) is 25.7 Å². The molecule has 124 valence electrons. The molecule has 0 radical (unpaired) electrons. The van der Waals surface area contributed by atoms with E-state index in [-0.39, 0.29) is 5.92 Å². The fraction of sp³-hybridized carbons (Fsp3) is 0.684. The van der Waals surface area contributed by atoms with E-state index in [0.717, 1.165) is 49.9 Å². The van der Waals surface area contributed by atoms with Gasteiger partial charge in [-0.3, -0.25) is 14.7 Å². The van der Waals surface area contributed by atoms with Crippen molar-refractivity contribution >= 4 is 5.91 Å².